The molecule has 0 atom stereocenters. The van der Waals surface area contributed by atoms with Crippen LogP contribution in [0.3, 0.4) is 0 Å². The second-order valence-corrected chi connectivity index (χ2v) is 3.88. The average Bonchev–Trinajstić information content (AvgIpc) is 2.17. The number of unbranched alkanes of at least 4 members (excludes halogenated alkanes) is 1. The summed E-state index contributed by atoms with van der Waals surface area (Å²) in [6, 6.07) is 1.64. The van der Waals surface area contributed by atoms with Gasteiger partial charge in [-0.1, -0.05) is 36.7 Å². The third-order valence-electron chi connectivity index (χ3n) is 1.58. The molecular formula is C9H13ClN2OS. The molecule has 3 nitrogen and oxygen atoms in total. The minimum absolute atomic E-state index is 0.427. The fraction of sp³-hybridized carbons (Fsp3) is 0.556. The van der Waals surface area contributed by atoms with Gasteiger partial charge in [0.1, 0.15) is 5.15 Å². The van der Waals surface area contributed by atoms with Crippen molar-refractivity contribution in [2.24, 2.45) is 0 Å². The van der Waals surface area contributed by atoms with Gasteiger partial charge in [-0.25, -0.2) is 4.98 Å². The van der Waals surface area contributed by atoms with E-state index in [1.54, 1.807) is 6.07 Å². The van der Waals surface area contributed by atoms with Gasteiger partial charge in [0.2, 0.25) is 5.88 Å². The Morgan fingerprint density at radius 2 is 2.29 bits per heavy atom. The van der Waals surface area contributed by atoms with Crippen molar-refractivity contribution in [3.05, 3.63) is 11.2 Å². The summed E-state index contributed by atoms with van der Waals surface area (Å²) in [7, 11) is 0. The molecule has 1 rings (SSSR count). The lowest BCUT2D eigenvalue weighted by Crippen LogP contribution is -2.00. The number of hydrogen-bond acceptors (Lipinski definition) is 4. The highest BCUT2D eigenvalue weighted by Crippen LogP contribution is 2.18. The Morgan fingerprint density at radius 3 is 2.93 bits per heavy atom. The van der Waals surface area contributed by atoms with Crippen molar-refractivity contribution in [3.8, 4) is 5.88 Å². The van der Waals surface area contributed by atoms with E-state index in [9.17, 15) is 0 Å². The summed E-state index contributed by atoms with van der Waals surface area (Å²) in [6.07, 6.45) is 4.03. The molecule has 0 aliphatic carbocycles. The molecule has 0 saturated heterocycles. The van der Waals surface area contributed by atoms with Crippen LogP contribution in [0.2, 0.25) is 5.15 Å². The second kappa shape index (κ2) is 6.09. The number of ether oxygens (including phenoxy) is 1. The van der Waals surface area contributed by atoms with E-state index in [1.165, 1.54) is 11.8 Å². The van der Waals surface area contributed by atoms with E-state index in [2.05, 4.69) is 16.9 Å². The zero-order chi connectivity index (χ0) is 10.4. The number of thioether (sulfide) groups is 1. The maximum absolute atomic E-state index is 5.80. The Labute approximate surface area is 93.2 Å². The molecule has 0 aliphatic heterocycles. The van der Waals surface area contributed by atoms with Crippen molar-refractivity contribution in [1.82, 2.24) is 9.97 Å². The largest absolute Gasteiger partial charge is 0.478 e. The summed E-state index contributed by atoms with van der Waals surface area (Å²) in [5.41, 5.74) is 0. The molecule has 0 unspecified atom stereocenters. The predicted octanol–water partition coefficient (Wildman–Crippen LogP) is 3.03. The average molecular weight is 233 g/mol. The molecule has 1 heterocycles. The van der Waals surface area contributed by atoms with E-state index in [-0.39, 0.29) is 0 Å². The van der Waals surface area contributed by atoms with Crippen LogP contribution in [0.15, 0.2) is 11.2 Å². The number of aromatic nitrogens is 2. The summed E-state index contributed by atoms with van der Waals surface area (Å²) >= 11 is 7.25. The van der Waals surface area contributed by atoms with Gasteiger partial charge in [0.25, 0.3) is 0 Å². The summed E-state index contributed by atoms with van der Waals surface area (Å²) in [5, 5.41) is 1.07. The highest BCUT2D eigenvalue weighted by atomic mass is 35.5. The maximum Gasteiger partial charge on any atom is 0.218 e. The second-order valence-electron chi connectivity index (χ2n) is 2.72. The first-order chi connectivity index (χ1) is 6.76. The quantitative estimate of drug-likeness (QED) is 0.338. The predicted molar refractivity (Wildman–Crippen MR) is 59.2 cm³/mol. The van der Waals surface area contributed by atoms with Crippen molar-refractivity contribution in [2.45, 2.75) is 24.9 Å². The molecule has 0 spiro atoms. The van der Waals surface area contributed by atoms with Crippen molar-refractivity contribution >= 4 is 23.4 Å². The third-order valence-corrected chi connectivity index (χ3v) is 2.32. The van der Waals surface area contributed by atoms with Crippen LogP contribution < -0.4 is 4.74 Å². The summed E-state index contributed by atoms with van der Waals surface area (Å²) in [4.78, 5) is 8.19. The molecule has 0 N–H and O–H groups in total. The molecule has 0 amide bonds. The number of hydrogen-bond donors (Lipinski definition) is 0. The number of nitrogens with zero attached hydrogens (tertiary/aromatic N) is 2. The van der Waals surface area contributed by atoms with Crippen molar-refractivity contribution < 1.29 is 4.74 Å². The first-order valence-electron chi connectivity index (χ1n) is 4.47. The van der Waals surface area contributed by atoms with Gasteiger partial charge in [-0.3, -0.25) is 0 Å². The lowest BCUT2D eigenvalue weighted by molar-refractivity contribution is 0.294. The van der Waals surface area contributed by atoms with E-state index in [4.69, 9.17) is 16.3 Å². The Kier molecular flexibility index (Phi) is 5.04. The Bertz CT molecular complexity index is 296. The Morgan fingerprint density at radius 1 is 1.50 bits per heavy atom. The van der Waals surface area contributed by atoms with Crippen LogP contribution in [0.4, 0.5) is 0 Å². The molecule has 14 heavy (non-hydrogen) atoms. The monoisotopic (exact) mass is 232 g/mol. The van der Waals surface area contributed by atoms with Crippen LogP contribution in [-0.4, -0.2) is 22.8 Å². The molecule has 1 aromatic rings. The van der Waals surface area contributed by atoms with Gasteiger partial charge in [-0.2, -0.15) is 4.98 Å². The zero-order valence-electron chi connectivity index (χ0n) is 8.29. The van der Waals surface area contributed by atoms with Crippen LogP contribution in [0, 0.1) is 0 Å². The normalized spacial score (nSPS) is 10.2. The van der Waals surface area contributed by atoms with Crippen molar-refractivity contribution in [3.63, 3.8) is 0 Å². The van der Waals surface area contributed by atoms with Gasteiger partial charge in [0.15, 0.2) is 5.16 Å². The lowest BCUT2D eigenvalue weighted by Gasteiger charge is -2.05. The minimum Gasteiger partial charge on any atom is -0.478 e. The molecule has 1 aromatic heterocycles. The summed E-state index contributed by atoms with van der Waals surface area (Å²) in [6.45, 7) is 2.79. The standard InChI is InChI=1S/C9H13ClN2OS/c1-3-4-5-13-8-6-7(10)11-9(12-8)14-2/h6H,3-5H2,1-2H3. The van der Waals surface area contributed by atoms with Crippen LogP contribution in [0.5, 0.6) is 5.88 Å². The molecule has 0 radical (unpaired) electrons. The molecule has 0 fully saturated rings. The third kappa shape index (κ3) is 3.72. The van der Waals surface area contributed by atoms with Gasteiger partial charge in [-0.15, -0.1) is 0 Å². The van der Waals surface area contributed by atoms with Gasteiger partial charge in [-0.05, 0) is 12.7 Å². The Balaban J connectivity index is 2.62. The molecule has 0 aliphatic rings. The topological polar surface area (TPSA) is 35.0 Å². The van der Waals surface area contributed by atoms with Gasteiger partial charge in [0.05, 0.1) is 6.61 Å². The van der Waals surface area contributed by atoms with Crippen molar-refractivity contribution in [2.75, 3.05) is 12.9 Å². The smallest absolute Gasteiger partial charge is 0.218 e. The van der Waals surface area contributed by atoms with E-state index >= 15 is 0 Å². The van der Waals surface area contributed by atoms with Crippen LogP contribution in [0.1, 0.15) is 19.8 Å². The van der Waals surface area contributed by atoms with E-state index in [1.807, 2.05) is 6.26 Å². The van der Waals surface area contributed by atoms with E-state index in [0.717, 1.165) is 12.8 Å². The highest BCUT2D eigenvalue weighted by molar-refractivity contribution is 7.98. The zero-order valence-corrected chi connectivity index (χ0v) is 9.86. The fourth-order valence-electron chi connectivity index (χ4n) is 0.863. The molecule has 5 heteroatoms. The number of rotatable bonds is 5. The SMILES string of the molecule is CCCCOc1cc(Cl)nc(SC)n1. The highest BCUT2D eigenvalue weighted by Gasteiger charge is 2.02. The summed E-state index contributed by atoms with van der Waals surface area (Å²) in [5.74, 6) is 0.558. The van der Waals surface area contributed by atoms with Crippen LogP contribution >= 0.6 is 23.4 Å². The van der Waals surface area contributed by atoms with Crippen LogP contribution in [0.25, 0.3) is 0 Å². The molecule has 78 valence electrons. The van der Waals surface area contributed by atoms with Crippen molar-refractivity contribution in [1.29, 1.82) is 0 Å². The molecule has 0 bridgehead atoms. The fourth-order valence-corrected chi connectivity index (χ4v) is 1.46. The number of halogens is 1. The maximum atomic E-state index is 5.80. The first-order valence-corrected chi connectivity index (χ1v) is 6.08. The first kappa shape index (κ1) is 11.6. The minimum atomic E-state index is 0.427. The van der Waals surface area contributed by atoms with Gasteiger partial charge in [0, 0.05) is 6.07 Å². The van der Waals surface area contributed by atoms with Gasteiger partial charge < -0.3 is 4.74 Å². The lowest BCUT2D eigenvalue weighted by atomic mass is 10.4. The van der Waals surface area contributed by atoms with Gasteiger partial charge >= 0.3 is 0 Å². The molecular weight excluding hydrogens is 220 g/mol. The molecule has 0 saturated carbocycles. The van der Waals surface area contributed by atoms with E-state index < -0.39 is 0 Å². The molecule has 0 aromatic carbocycles. The van der Waals surface area contributed by atoms with E-state index in [0.29, 0.717) is 22.8 Å². The summed E-state index contributed by atoms with van der Waals surface area (Å²) < 4.78 is 5.42. The Hall–Kier alpha value is -0.480. The van der Waals surface area contributed by atoms with Crippen LogP contribution in [-0.2, 0) is 0 Å².